The lowest BCUT2D eigenvalue weighted by Crippen LogP contribution is -1.84. The summed E-state index contributed by atoms with van der Waals surface area (Å²) >= 11 is 0. The molecule has 0 bridgehead atoms. The average molecular weight is 111 g/mol. The molecule has 0 radical (unpaired) electrons. The predicted octanol–water partition coefficient (Wildman–Crippen LogP) is 1.82. The number of hydrogen-bond donors (Lipinski definition) is 1. The molecule has 0 aromatic rings. The van der Waals surface area contributed by atoms with Gasteiger partial charge in [-0.05, 0) is 18.2 Å². The topological polar surface area (TPSA) is 26.0 Å². The van der Waals surface area contributed by atoms with Crippen molar-refractivity contribution in [1.29, 1.82) is 0 Å². The molecule has 1 nitrogen and oxygen atoms in total. The Morgan fingerprint density at radius 1 is 1.75 bits per heavy atom. The summed E-state index contributed by atoms with van der Waals surface area (Å²) in [4.78, 5) is 0. The molecule has 0 aliphatic heterocycles. The molecule has 0 saturated heterocycles. The molecule has 0 spiro atoms. The third-order valence-corrected chi connectivity index (χ3v) is 1.01. The molecule has 0 aromatic carbocycles. The van der Waals surface area contributed by atoms with Crippen LogP contribution in [-0.4, -0.2) is 0 Å². The van der Waals surface area contributed by atoms with Crippen LogP contribution in [0.2, 0.25) is 0 Å². The van der Waals surface area contributed by atoms with Gasteiger partial charge in [-0.3, -0.25) is 0 Å². The maximum absolute atomic E-state index is 5.24. The minimum absolute atomic E-state index is 1.04. The van der Waals surface area contributed by atoms with Crippen LogP contribution in [0.15, 0.2) is 24.4 Å². The van der Waals surface area contributed by atoms with Crippen molar-refractivity contribution >= 4 is 0 Å². The predicted molar refractivity (Wildman–Crippen MR) is 37.4 cm³/mol. The minimum Gasteiger partial charge on any atom is -0.404 e. The van der Waals surface area contributed by atoms with Gasteiger partial charge in [-0.1, -0.05) is 26.0 Å². The number of nitrogens with two attached hydrogens (primary N) is 1. The second-order valence-electron chi connectivity index (χ2n) is 1.70. The molecule has 0 aliphatic rings. The summed E-state index contributed by atoms with van der Waals surface area (Å²) in [5.41, 5.74) is 6.37. The standard InChI is InChI=1S/C7H13N/c1-3-5-7(4-2)6-8/h4,6H,2-3,5,8H2,1H3/b7-6+. The Kier molecular flexibility index (Phi) is 4.04. The summed E-state index contributed by atoms with van der Waals surface area (Å²) in [5.74, 6) is 0. The zero-order valence-corrected chi connectivity index (χ0v) is 5.35. The van der Waals surface area contributed by atoms with E-state index in [9.17, 15) is 0 Å². The molecular weight excluding hydrogens is 98.1 g/mol. The van der Waals surface area contributed by atoms with Crippen molar-refractivity contribution in [2.24, 2.45) is 5.73 Å². The van der Waals surface area contributed by atoms with Gasteiger partial charge < -0.3 is 5.73 Å². The molecule has 0 amide bonds. The van der Waals surface area contributed by atoms with Crippen molar-refractivity contribution in [1.82, 2.24) is 0 Å². The highest BCUT2D eigenvalue weighted by Gasteiger charge is 1.83. The molecule has 0 heterocycles. The molecule has 0 aromatic heterocycles. The van der Waals surface area contributed by atoms with Gasteiger partial charge in [0.1, 0.15) is 0 Å². The van der Waals surface area contributed by atoms with E-state index < -0.39 is 0 Å². The summed E-state index contributed by atoms with van der Waals surface area (Å²) in [5, 5.41) is 0. The Balaban J connectivity index is 3.54. The molecule has 8 heavy (non-hydrogen) atoms. The van der Waals surface area contributed by atoms with E-state index in [0.717, 1.165) is 18.4 Å². The quantitative estimate of drug-likeness (QED) is 0.552. The van der Waals surface area contributed by atoms with Crippen LogP contribution in [0.3, 0.4) is 0 Å². The van der Waals surface area contributed by atoms with Gasteiger partial charge in [-0.25, -0.2) is 0 Å². The van der Waals surface area contributed by atoms with Gasteiger partial charge in [0.05, 0.1) is 0 Å². The summed E-state index contributed by atoms with van der Waals surface area (Å²) in [6, 6.07) is 0. The second-order valence-corrected chi connectivity index (χ2v) is 1.70. The van der Waals surface area contributed by atoms with Crippen LogP contribution in [-0.2, 0) is 0 Å². The summed E-state index contributed by atoms with van der Waals surface area (Å²) in [6.07, 6.45) is 5.58. The molecule has 0 saturated carbocycles. The van der Waals surface area contributed by atoms with Crippen LogP contribution in [0.25, 0.3) is 0 Å². The lowest BCUT2D eigenvalue weighted by molar-refractivity contribution is 0.923. The molecule has 0 aliphatic carbocycles. The normalized spacial score (nSPS) is 11.4. The average Bonchev–Trinajstić information content (AvgIpc) is 1.83. The first-order chi connectivity index (χ1) is 3.85. The van der Waals surface area contributed by atoms with Crippen molar-refractivity contribution in [3.8, 4) is 0 Å². The van der Waals surface area contributed by atoms with Crippen LogP contribution >= 0.6 is 0 Å². The third-order valence-electron chi connectivity index (χ3n) is 1.01. The Morgan fingerprint density at radius 3 is 2.50 bits per heavy atom. The maximum atomic E-state index is 5.24. The van der Waals surface area contributed by atoms with Crippen LogP contribution in [0.4, 0.5) is 0 Å². The zero-order chi connectivity index (χ0) is 6.41. The van der Waals surface area contributed by atoms with E-state index in [4.69, 9.17) is 5.73 Å². The molecule has 0 fully saturated rings. The van der Waals surface area contributed by atoms with Crippen molar-refractivity contribution in [2.45, 2.75) is 19.8 Å². The van der Waals surface area contributed by atoms with Crippen LogP contribution in [0.1, 0.15) is 19.8 Å². The highest BCUT2D eigenvalue weighted by molar-refractivity contribution is 5.13. The van der Waals surface area contributed by atoms with E-state index in [1.54, 1.807) is 12.3 Å². The summed E-state index contributed by atoms with van der Waals surface area (Å²) in [6.45, 7) is 5.72. The second kappa shape index (κ2) is 4.44. The molecule has 0 unspecified atom stereocenters. The lowest BCUT2D eigenvalue weighted by atomic mass is 10.2. The number of rotatable bonds is 3. The first kappa shape index (κ1) is 7.28. The zero-order valence-electron chi connectivity index (χ0n) is 5.35. The fourth-order valence-corrected chi connectivity index (χ4v) is 0.542. The van der Waals surface area contributed by atoms with E-state index in [2.05, 4.69) is 13.5 Å². The fourth-order valence-electron chi connectivity index (χ4n) is 0.542. The Morgan fingerprint density at radius 2 is 2.38 bits per heavy atom. The van der Waals surface area contributed by atoms with Crippen molar-refractivity contribution in [3.05, 3.63) is 24.4 Å². The monoisotopic (exact) mass is 111 g/mol. The van der Waals surface area contributed by atoms with Gasteiger partial charge in [0.2, 0.25) is 0 Å². The van der Waals surface area contributed by atoms with Gasteiger partial charge in [-0.2, -0.15) is 0 Å². The molecule has 1 heteroatoms. The molecular formula is C7H13N. The number of hydrogen-bond acceptors (Lipinski definition) is 1. The largest absolute Gasteiger partial charge is 0.404 e. The Bertz CT molecular complexity index is 92.6. The fraction of sp³-hybridized carbons (Fsp3) is 0.429. The van der Waals surface area contributed by atoms with Crippen molar-refractivity contribution < 1.29 is 0 Å². The van der Waals surface area contributed by atoms with Gasteiger partial charge in [0.15, 0.2) is 0 Å². The molecule has 0 rings (SSSR count). The van der Waals surface area contributed by atoms with E-state index in [1.807, 2.05) is 0 Å². The van der Waals surface area contributed by atoms with Gasteiger partial charge >= 0.3 is 0 Å². The van der Waals surface area contributed by atoms with Gasteiger partial charge in [-0.15, -0.1) is 0 Å². The number of allylic oxidation sites excluding steroid dienone is 2. The van der Waals surface area contributed by atoms with E-state index in [1.165, 1.54) is 0 Å². The van der Waals surface area contributed by atoms with Gasteiger partial charge in [0, 0.05) is 0 Å². The van der Waals surface area contributed by atoms with Crippen molar-refractivity contribution in [2.75, 3.05) is 0 Å². The minimum atomic E-state index is 1.04. The van der Waals surface area contributed by atoms with Crippen LogP contribution in [0.5, 0.6) is 0 Å². The lowest BCUT2D eigenvalue weighted by Gasteiger charge is -1.93. The third kappa shape index (κ3) is 2.45. The van der Waals surface area contributed by atoms with Crippen LogP contribution < -0.4 is 5.73 Å². The van der Waals surface area contributed by atoms with E-state index >= 15 is 0 Å². The molecule has 2 N–H and O–H groups in total. The smallest absolute Gasteiger partial charge is 0.00299 e. The van der Waals surface area contributed by atoms with E-state index in [0.29, 0.717) is 0 Å². The highest BCUT2D eigenvalue weighted by atomic mass is 14.5. The first-order valence-electron chi connectivity index (χ1n) is 2.88. The van der Waals surface area contributed by atoms with Gasteiger partial charge in [0.25, 0.3) is 0 Å². The highest BCUT2D eigenvalue weighted by Crippen LogP contribution is 2.01. The Labute approximate surface area is 50.9 Å². The maximum Gasteiger partial charge on any atom is -0.00299 e. The molecule has 0 atom stereocenters. The summed E-state index contributed by atoms with van der Waals surface area (Å²) in [7, 11) is 0. The summed E-state index contributed by atoms with van der Waals surface area (Å²) < 4.78 is 0. The first-order valence-corrected chi connectivity index (χ1v) is 2.88. The van der Waals surface area contributed by atoms with Crippen LogP contribution in [0, 0.1) is 0 Å². The SMILES string of the molecule is C=C/C(=C\N)CCC. The van der Waals surface area contributed by atoms with Crippen molar-refractivity contribution in [3.63, 3.8) is 0 Å². The van der Waals surface area contributed by atoms with E-state index in [-0.39, 0.29) is 0 Å². The molecule has 46 valence electrons. The Hall–Kier alpha value is -0.720.